The number of benzene rings is 2. The third-order valence-corrected chi connectivity index (χ3v) is 7.01. The highest BCUT2D eigenvalue weighted by atomic mass is 79.9. The van der Waals surface area contributed by atoms with Crippen LogP contribution in [0.1, 0.15) is 32.6 Å². The van der Waals surface area contributed by atoms with E-state index in [0.717, 1.165) is 25.9 Å². The first-order valence-electron chi connectivity index (χ1n) is 9.96. The van der Waals surface area contributed by atoms with E-state index in [9.17, 15) is 14.7 Å². The number of aryl methyl sites for hydroxylation is 2. The van der Waals surface area contributed by atoms with Crippen molar-refractivity contribution >= 4 is 55.6 Å². The van der Waals surface area contributed by atoms with Crippen molar-refractivity contribution in [1.29, 1.82) is 0 Å². The molecule has 0 spiro atoms. The fraction of sp³-hybridized carbons (Fsp3) is 0.120. The Balaban J connectivity index is 1.66. The van der Waals surface area contributed by atoms with Crippen molar-refractivity contribution in [3.63, 3.8) is 0 Å². The third-order valence-electron chi connectivity index (χ3n) is 5.59. The molecule has 5 rings (SSSR count). The molecule has 5 nitrogen and oxygen atoms in total. The van der Waals surface area contributed by atoms with Gasteiger partial charge in [-0.1, -0.05) is 34.1 Å². The quantitative estimate of drug-likeness (QED) is 0.313. The van der Waals surface area contributed by atoms with Gasteiger partial charge < -0.3 is 9.52 Å². The average molecular weight is 508 g/mol. The number of carbonyl (C=O) groups is 2. The fourth-order valence-electron chi connectivity index (χ4n) is 4.04. The van der Waals surface area contributed by atoms with Crippen molar-refractivity contribution < 1.29 is 19.1 Å². The molecule has 160 valence electrons. The zero-order chi connectivity index (χ0) is 22.6. The molecule has 0 aliphatic carbocycles. The standard InChI is InChI=1S/C25H18BrNO4S/c1-13-5-6-14(2)17(10-13)27-22(20-4-3-9-32-20)21(24(29)25(27)30)23(28)19-12-15-11-16(26)7-8-18(15)31-19/h3-12,22,29H,1-2H3. The third kappa shape index (κ3) is 3.29. The molecule has 0 saturated heterocycles. The van der Waals surface area contributed by atoms with Crippen molar-refractivity contribution in [1.82, 2.24) is 0 Å². The summed E-state index contributed by atoms with van der Waals surface area (Å²) in [7, 11) is 0. The summed E-state index contributed by atoms with van der Waals surface area (Å²) in [5.74, 6) is -1.57. The summed E-state index contributed by atoms with van der Waals surface area (Å²) in [5, 5.41) is 13.5. The zero-order valence-electron chi connectivity index (χ0n) is 17.3. The molecule has 2 aromatic heterocycles. The summed E-state index contributed by atoms with van der Waals surface area (Å²) < 4.78 is 6.65. The first-order valence-corrected chi connectivity index (χ1v) is 11.6. The van der Waals surface area contributed by atoms with Gasteiger partial charge in [0, 0.05) is 20.4 Å². The Morgan fingerprint density at radius 1 is 1.12 bits per heavy atom. The number of hydrogen-bond acceptors (Lipinski definition) is 5. The van der Waals surface area contributed by atoms with Crippen LogP contribution in [0.5, 0.6) is 0 Å². The lowest BCUT2D eigenvalue weighted by Gasteiger charge is -2.27. The van der Waals surface area contributed by atoms with Crippen LogP contribution in [0.25, 0.3) is 11.0 Å². The Labute approximate surface area is 196 Å². The molecule has 7 heteroatoms. The normalized spacial score (nSPS) is 16.4. The molecule has 1 aliphatic rings. The van der Waals surface area contributed by atoms with Crippen molar-refractivity contribution in [2.45, 2.75) is 19.9 Å². The van der Waals surface area contributed by atoms with Gasteiger partial charge in [0.2, 0.25) is 5.78 Å². The number of thiophene rings is 1. The summed E-state index contributed by atoms with van der Waals surface area (Å²) in [6, 6.07) is 15.9. The molecule has 1 unspecified atom stereocenters. The molecule has 0 fully saturated rings. The van der Waals surface area contributed by atoms with Crippen LogP contribution in [0.3, 0.4) is 0 Å². The molecule has 1 aliphatic heterocycles. The number of furan rings is 1. The predicted octanol–water partition coefficient (Wildman–Crippen LogP) is 6.66. The number of halogens is 1. The van der Waals surface area contributed by atoms with Gasteiger partial charge in [0.25, 0.3) is 5.91 Å². The van der Waals surface area contributed by atoms with E-state index in [1.807, 2.05) is 61.7 Å². The highest BCUT2D eigenvalue weighted by Crippen LogP contribution is 2.44. The Morgan fingerprint density at radius 2 is 1.94 bits per heavy atom. The number of hydrogen-bond donors (Lipinski definition) is 1. The van der Waals surface area contributed by atoms with Crippen LogP contribution in [0.15, 0.2) is 80.2 Å². The van der Waals surface area contributed by atoms with Crippen LogP contribution in [0.2, 0.25) is 0 Å². The smallest absolute Gasteiger partial charge is 0.294 e. The minimum atomic E-state index is -0.740. The molecule has 4 aromatic rings. The van der Waals surface area contributed by atoms with Crippen LogP contribution >= 0.6 is 27.3 Å². The number of rotatable bonds is 4. The first kappa shape index (κ1) is 20.7. The lowest BCUT2D eigenvalue weighted by molar-refractivity contribution is -0.117. The number of carbonyl (C=O) groups excluding carboxylic acids is 2. The van der Waals surface area contributed by atoms with Crippen molar-refractivity contribution in [2.75, 3.05) is 4.90 Å². The Bertz CT molecular complexity index is 1420. The fourth-order valence-corrected chi connectivity index (χ4v) is 5.24. The number of amides is 1. The maximum atomic E-state index is 13.6. The number of aliphatic hydroxyl groups is 1. The van der Waals surface area contributed by atoms with Gasteiger partial charge in [-0.05, 0) is 66.8 Å². The van der Waals surface area contributed by atoms with Gasteiger partial charge in [0.1, 0.15) is 11.6 Å². The molecule has 0 bridgehead atoms. The number of aliphatic hydroxyl groups excluding tert-OH is 1. The van der Waals surface area contributed by atoms with Crippen LogP contribution in [-0.2, 0) is 4.79 Å². The van der Waals surface area contributed by atoms with Gasteiger partial charge in [-0.3, -0.25) is 14.5 Å². The molecular weight excluding hydrogens is 490 g/mol. The van der Waals surface area contributed by atoms with E-state index in [-0.39, 0.29) is 11.3 Å². The monoisotopic (exact) mass is 507 g/mol. The number of ketones is 1. The summed E-state index contributed by atoms with van der Waals surface area (Å²) in [6.45, 7) is 3.84. The highest BCUT2D eigenvalue weighted by Gasteiger charge is 2.46. The molecule has 3 heterocycles. The van der Waals surface area contributed by atoms with E-state index in [1.165, 1.54) is 16.2 Å². The van der Waals surface area contributed by atoms with Crippen LogP contribution in [-0.4, -0.2) is 16.8 Å². The summed E-state index contributed by atoms with van der Waals surface area (Å²) in [4.78, 5) is 29.2. The molecule has 0 saturated carbocycles. The van der Waals surface area contributed by atoms with E-state index in [2.05, 4.69) is 15.9 Å². The number of anilines is 1. The van der Waals surface area contributed by atoms with Crippen molar-refractivity contribution in [3.8, 4) is 0 Å². The molecule has 1 atom stereocenters. The van der Waals surface area contributed by atoms with Crippen molar-refractivity contribution in [2.24, 2.45) is 0 Å². The molecular formula is C25H18BrNO4S. The summed E-state index contributed by atoms with van der Waals surface area (Å²) >= 11 is 4.85. The molecule has 32 heavy (non-hydrogen) atoms. The van der Waals surface area contributed by atoms with E-state index < -0.39 is 23.5 Å². The topological polar surface area (TPSA) is 70.8 Å². The highest BCUT2D eigenvalue weighted by molar-refractivity contribution is 9.10. The maximum absolute atomic E-state index is 13.6. The molecule has 0 radical (unpaired) electrons. The maximum Gasteiger partial charge on any atom is 0.294 e. The molecule has 1 amide bonds. The lowest BCUT2D eigenvalue weighted by atomic mass is 9.99. The summed E-state index contributed by atoms with van der Waals surface area (Å²) in [6.07, 6.45) is 0. The van der Waals surface area contributed by atoms with E-state index in [0.29, 0.717) is 11.3 Å². The Hall–Kier alpha value is -3.16. The minimum Gasteiger partial charge on any atom is -0.503 e. The second-order valence-electron chi connectivity index (χ2n) is 7.77. The molecule has 2 aromatic carbocycles. The van der Waals surface area contributed by atoms with Gasteiger partial charge in [0.05, 0.1) is 5.57 Å². The largest absolute Gasteiger partial charge is 0.503 e. The van der Waals surface area contributed by atoms with Crippen LogP contribution < -0.4 is 4.90 Å². The zero-order valence-corrected chi connectivity index (χ0v) is 19.7. The first-order chi connectivity index (χ1) is 15.3. The second-order valence-corrected chi connectivity index (χ2v) is 9.66. The van der Waals surface area contributed by atoms with Gasteiger partial charge in [0.15, 0.2) is 11.5 Å². The van der Waals surface area contributed by atoms with E-state index in [4.69, 9.17) is 4.42 Å². The predicted molar refractivity (Wildman–Crippen MR) is 128 cm³/mol. The van der Waals surface area contributed by atoms with Crippen molar-refractivity contribution in [3.05, 3.63) is 97.5 Å². The lowest BCUT2D eigenvalue weighted by Crippen LogP contribution is -2.31. The number of nitrogens with zero attached hydrogens (tertiary/aromatic N) is 1. The minimum absolute atomic E-state index is 0.0245. The molecule has 1 N–H and O–H groups in total. The van der Waals surface area contributed by atoms with E-state index >= 15 is 0 Å². The van der Waals surface area contributed by atoms with E-state index in [1.54, 1.807) is 12.1 Å². The SMILES string of the molecule is Cc1ccc(C)c(N2C(=O)C(O)=C(C(=O)c3cc4cc(Br)ccc4o3)C2c2cccs2)c1. The summed E-state index contributed by atoms with van der Waals surface area (Å²) in [5.41, 5.74) is 3.10. The second kappa shape index (κ2) is 7.76. The van der Waals surface area contributed by atoms with Crippen LogP contribution in [0, 0.1) is 13.8 Å². The number of Topliss-reactive ketones (excluding diaryl/α,β-unsaturated/α-hetero) is 1. The average Bonchev–Trinajstić information content (AvgIpc) is 3.48. The van der Waals surface area contributed by atoms with Crippen LogP contribution in [0.4, 0.5) is 5.69 Å². The van der Waals surface area contributed by atoms with Gasteiger partial charge in [-0.15, -0.1) is 11.3 Å². The number of fused-ring (bicyclic) bond motifs is 1. The Morgan fingerprint density at radius 3 is 2.69 bits per heavy atom. The Kier molecular flexibility index (Phi) is 5.03. The van der Waals surface area contributed by atoms with Gasteiger partial charge >= 0.3 is 0 Å². The van der Waals surface area contributed by atoms with Gasteiger partial charge in [-0.25, -0.2) is 0 Å². The van der Waals surface area contributed by atoms with Gasteiger partial charge in [-0.2, -0.15) is 0 Å².